The van der Waals surface area contributed by atoms with Crippen molar-refractivity contribution < 1.29 is 14.1 Å². The fraction of sp³-hybridized carbons (Fsp3) is 0.733. The zero-order chi connectivity index (χ0) is 14.4. The van der Waals surface area contributed by atoms with Crippen molar-refractivity contribution >= 4 is 17.7 Å². The molecule has 1 aliphatic carbocycles. The Morgan fingerprint density at radius 1 is 1.57 bits per heavy atom. The van der Waals surface area contributed by atoms with Crippen molar-refractivity contribution in [1.29, 1.82) is 0 Å². The minimum Gasteiger partial charge on any atom is -0.377 e. The van der Waals surface area contributed by atoms with E-state index in [4.69, 9.17) is 9.26 Å². The van der Waals surface area contributed by atoms with Crippen molar-refractivity contribution in [2.45, 2.75) is 37.0 Å². The highest BCUT2D eigenvalue weighted by atomic mass is 32.2. The second-order valence-corrected chi connectivity index (χ2v) is 8.08. The molecule has 1 amide bonds. The van der Waals surface area contributed by atoms with E-state index in [2.05, 4.69) is 5.16 Å². The number of carbonyl (C=O) groups is 1. The fourth-order valence-corrected chi connectivity index (χ4v) is 4.65. The lowest BCUT2D eigenvalue weighted by Crippen LogP contribution is -2.60. The van der Waals surface area contributed by atoms with Crippen LogP contribution in [0.25, 0.3) is 0 Å². The van der Waals surface area contributed by atoms with Gasteiger partial charge in [0, 0.05) is 31.5 Å². The lowest BCUT2D eigenvalue weighted by molar-refractivity contribution is 0.0269. The minimum absolute atomic E-state index is 0.0378. The second kappa shape index (κ2) is 5.02. The van der Waals surface area contributed by atoms with Crippen molar-refractivity contribution in [3.05, 3.63) is 17.5 Å². The van der Waals surface area contributed by atoms with E-state index in [0.29, 0.717) is 11.9 Å². The van der Waals surface area contributed by atoms with Gasteiger partial charge >= 0.3 is 0 Å². The van der Waals surface area contributed by atoms with Gasteiger partial charge in [-0.2, -0.15) is 0 Å². The van der Waals surface area contributed by atoms with Gasteiger partial charge in [0.25, 0.3) is 5.91 Å². The van der Waals surface area contributed by atoms with Crippen LogP contribution in [0, 0.1) is 12.8 Å². The van der Waals surface area contributed by atoms with E-state index >= 15 is 0 Å². The normalized spacial score (nSPS) is 27.1. The highest BCUT2D eigenvalue weighted by molar-refractivity contribution is 8.01. The van der Waals surface area contributed by atoms with Crippen LogP contribution in [0.1, 0.15) is 35.5 Å². The van der Waals surface area contributed by atoms with Gasteiger partial charge in [0.1, 0.15) is 0 Å². The van der Waals surface area contributed by atoms with Gasteiger partial charge < -0.3 is 14.2 Å². The highest BCUT2D eigenvalue weighted by Crippen LogP contribution is 2.46. The number of amides is 1. The van der Waals surface area contributed by atoms with Crippen LogP contribution in [-0.2, 0) is 4.74 Å². The van der Waals surface area contributed by atoms with Gasteiger partial charge in [-0.3, -0.25) is 4.79 Å². The third-order valence-corrected chi connectivity index (χ3v) is 6.10. The second-order valence-electron chi connectivity index (χ2n) is 6.59. The smallest absolute Gasteiger partial charge is 0.292 e. The zero-order valence-corrected chi connectivity index (χ0v) is 13.0. The summed E-state index contributed by atoms with van der Waals surface area (Å²) in [6.45, 7) is 4.37. The molecule has 6 heteroatoms. The van der Waals surface area contributed by atoms with Crippen LogP contribution < -0.4 is 0 Å². The summed E-state index contributed by atoms with van der Waals surface area (Å²) in [5, 5.41) is 3.78. The van der Waals surface area contributed by atoms with Gasteiger partial charge in [-0.05, 0) is 32.1 Å². The maximum Gasteiger partial charge on any atom is 0.292 e. The van der Waals surface area contributed by atoms with E-state index in [1.54, 1.807) is 6.07 Å². The van der Waals surface area contributed by atoms with Gasteiger partial charge in [-0.25, -0.2) is 0 Å². The summed E-state index contributed by atoms with van der Waals surface area (Å²) in [6, 6.07) is 1.71. The highest BCUT2D eigenvalue weighted by Gasteiger charge is 2.51. The molecular weight excluding hydrogens is 288 g/mol. The van der Waals surface area contributed by atoms with Crippen LogP contribution in [0.5, 0.6) is 0 Å². The maximum absolute atomic E-state index is 12.2. The van der Waals surface area contributed by atoms with E-state index in [1.165, 1.54) is 12.8 Å². The molecule has 3 heterocycles. The molecule has 4 rings (SSSR count). The number of nitrogens with zero attached hydrogens (tertiary/aromatic N) is 2. The predicted octanol–water partition coefficient (Wildman–Crippen LogP) is 2.11. The summed E-state index contributed by atoms with van der Waals surface area (Å²) in [5.74, 6) is 2.20. The van der Waals surface area contributed by atoms with Crippen molar-refractivity contribution in [2.75, 3.05) is 25.4 Å². The number of hydrogen-bond acceptors (Lipinski definition) is 5. The molecule has 0 aromatic carbocycles. The van der Waals surface area contributed by atoms with Gasteiger partial charge in [0.15, 0.2) is 0 Å². The molecule has 1 aromatic heterocycles. The summed E-state index contributed by atoms with van der Waals surface area (Å²) in [6.07, 6.45) is 4.12. The summed E-state index contributed by atoms with van der Waals surface area (Å²) in [5.41, 5.74) is 0.748. The average Bonchev–Trinajstić information content (AvgIpc) is 3.00. The molecule has 1 atom stereocenters. The van der Waals surface area contributed by atoms with E-state index in [1.807, 2.05) is 23.6 Å². The molecule has 5 nitrogen and oxygen atoms in total. The number of aromatic nitrogens is 1. The van der Waals surface area contributed by atoms with E-state index in [9.17, 15) is 4.79 Å². The monoisotopic (exact) mass is 308 g/mol. The molecule has 1 spiro atoms. The van der Waals surface area contributed by atoms with Gasteiger partial charge in [-0.1, -0.05) is 5.16 Å². The molecule has 114 valence electrons. The number of carbonyl (C=O) groups excluding carboxylic acids is 1. The van der Waals surface area contributed by atoms with Gasteiger partial charge in [0.05, 0.1) is 16.5 Å². The van der Waals surface area contributed by atoms with Crippen molar-refractivity contribution in [2.24, 2.45) is 5.92 Å². The Labute approximate surface area is 128 Å². The molecule has 1 unspecified atom stereocenters. The summed E-state index contributed by atoms with van der Waals surface area (Å²) < 4.78 is 11.3. The molecule has 1 aromatic rings. The Kier molecular flexibility index (Phi) is 3.26. The minimum atomic E-state index is -0.0378. The van der Waals surface area contributed by atoms with Gasteiger partial charge in [0.2, 0.25) is 5.76 Å². The number of ether oxygens (including phenoxy) is 1. The SMILES string of the molecule is Cc1cc(C(=O)N2CC3(CC(OCC4CC4)CS3)C2)on1. The Bertz CT molecular complexity index is 549. The average molecular weight is 308 g/mol. The quantitative estimate of drug-likeness (QED) is 0.852. The van der Waals surface area contributed by atoms with E-state index in [0.717, 1.165) is 43.5 Å². The first kappa shape index (κ1) is 13.6. The Morgan fingerprint density at radius 2 is 2.38 bits per heavy atom. The van der Waals surface area contributed by atoms with Crippen molar-refractivity contribution in [3.8, 4) is 0 Å². The predicted molar refractivity (Wildman–Crippen MR) is 79.4 cm³/mol. The van der Waals surface area contributed by atoms with Crippen LogP contribution in [0.4, 0.5) is 0 Å². The van der Waals surface area contributed by atoms with Crippen molar-refractivity contribution in [3.63, 3.8) is 0 Å². The Hall–Kier alpha value is -1.01. The summed E-state index contributed by atoms with van der Waals surface area (Å²) >= 11 is 1.97. The molecule has 2 saturated heterocycles. The lowest BCUT2D eigenvalue weighted by atomic mass is 9.92. The summed E-state index contributed by atoms with van der Waals surface area (Å²) in [4.78, 5) is 14.1. The number of hydrogen-bond donors (Lipinski definition) is 0. The zero-order valence-electron chi connectivity index (χ0n) is 12.2. The molecule has 21 heavy (non-hydrogen) atoms. The number of thioether (sulfide) groups is 1. The number of likely N-dealkylation sites (tertiary alicyclic amines) is 1. The van der Waals surface area contributed by atoms with Crippen molar-refractivity contribution in [1.82, 2.24) is 10.1 Å². The molecule has 3 aliphatic rings. The largest absolute Gasteiger partial charge is 0.377 e. The first-order valence-electron chi connectivity index (χ1n) is 7.62. The topological polar surface area (TPSA) is 55.6 Å². The lowest BCUT2D eigenvalue weighted by Gasteiger charge is -2.47. The first-order valence-corrected chi connectivity index (χ1v) is 8.60. The molecule has 3 fully saturated rings. The van der Waals surface area contributed by atoms with Gasteiger partial charge in [-0.15, -0.1) is 11.8 Å². The van der Waals surface area contributed by atoms with Crippen LogP contribution in [0.2, 0.25) is 0 Å². The van der Waals surface area contributed by atoms with E-state index < -0.39 is 0 Å². The Balaban J connectivity index is 1.29. The van der Waals surface area contributed by atoms with Crippen LogP contribution in [-0.4, -0.2) is 52.3 Å². The third-order valence-electron chi connectivity index (χ3n) is 4.52. The number of aryl methyl sites for hydroxylation is 1. The third kappa shape index (κ3) is 2.71. The van der Waals surface area contributed by atoms with E-state index in [-0.39, 0.29) is 10.7 Å². The summed E-state index contributed by atoms with van der Waals surface area (Å²) in [7, 11) is 0. The first-order chi connectivity index (χ1) is 10.1. The Morgan fingerprint density at radius 3 is 3.05 bits per heavy atom. The van der Waals surface area contributed by atoms with Crippen LogP contribution in [0.3, 0.4) is 0 Å². The molecule has 0 bridgehead atoms. The van der Waals surface area contributed by atoms with Crippen LogP contribution in [0.15, 0.2) is 10.6 Å². The molecule has 0 N–H and O–H groups in total. The maximum atomic E-state index is 12.2. The number of rotatable bonds is 4. The molecule has 0 radical (unpaired) electrons. The molecule has 1 saturated carbocycles. The fourth-order valence-electron chi connectivity index (χ4n) is 3.10. The standard InChI is InChI=1S/C15H20N2O3S/c1-10-4-13(20-16-10)14(18)17-8-15(9-17)5-12(7-21-15)19-6-11-2-3-11/h4,11-12H,2-3,5-9H2,1H3. The molecule has 2 aliphatic heterocycles. The molecular formula is C15H20N2O3S. The van der Waals surface area contributed by atoms with Crippen LogP contribution >= 0.6 is 11.8 Å².